The zero-order valence-electron chi connectivity index (χ0n) is 9.67. The number of carbonyl (C=O) groups excluding carboxylic acids is 1. The Morgan fingerprint density at radius 3 is 3.00 bits per heavy atom. The number of amides is 1. The smallest absolute Gasteiger partial charge is 0.271 e. The van der Waals surface area contributed by atoms with Crippen molar-refractivity contribution in [3.63, 3.8) is 0 Å². The molecule has 0 fully saturated rings. The monoisotopic (exact) mass is 266 g/mol. The molecule has 7 nitrogen and oxygen atoms in total. The summed E-state index contributed by atoms with van der Waals surface area (Å²) < 4.78 is 1.61. The van der Waals surface area contributed by atoms with Crippen molar-refractivity contribution in [1.82, 2.24) is 30.0 Å². The molecule has 18 heavy (non-hydrogen) atoms. The highest BCUT2D eigenvalue weighted by Gasteiger charge is 2.08. The third-order valence-electron chi connectivity index (χ3n) is 2.12. The number of aromatic nitrogens is 5. The minimum atomic E-state index is -0.319. The predicted molar refractivity (Wildman–Crippen MR) is 64.1 cm³/mol. The molecular formula is C10H11ClN6O. The molecule has 1 N–H and O–H groups in total. The van der Waals surface area contributed by atoms with Gasteiger partial charge in [-0.3, -0.25) is 14.5 Å². The van der Waals surface area contributed by atoms with Gasteiger partial charge < -0.3 is 5.32 Å². The largest absolute Gasteiger partial charge is 0.350 e. The molecule has 0 aliphatic carbocycles. The number of halogens is 1. The van der Waals surface area contributed by atoms with Crippen LogP contribution in [0.5, 0.6) is 0 Å². The van der Waals surface area contributed by atoms with Crippen LogP contribution in [0.2, 0.25) is 5.15 Å². The fraction of sp³-hybridized carbons (Fsp3) is 0.300. The minimum Gasteiger partial charge on any atom is -0.350 e. The molecule has 0 aliphatic heterocycles. The van der Waals surface area contributed by atoms with Gasteiger partial charge in [0.25, 0.3) is 5.91 Å². The summed E-state index contributed by atoms with van der Waals surface area (Å²) in [6.07, 6.45) is 4.90. The molecule has 0 saturated carbocycles. The fourth-order valence-corrected chi connectivity index (χ4v) is 1.48. The summed E-state index contributed by atoms with van der Waals surface area (Å²) in [6.45, 7) is 0.428. The Kier molecular flexibility index (Phi) is 3.83. The van der Waals surface area contributed by atoms with E-state index in [0.717, 1.165) is 0 Å². The number of hydrogen-bond donors (Lipinski definition) is 1. The van der Waals surface area contributed by atoms with Crippen molar-refractivity contribution in [2.75, 3.05) is 6.54 Å². The molecule has 0 unspecified atom stereocenters. The second-order valence-electron chi connectivity index (χ2n) is 3.57. The van der Waals surface area contributed by atoms with Crippen LogP contribution < -0.4 is 5.32 Å². The van der Waals surface area contributed by atoms with E-state index in [9.17, 15) is 4.79 Å². The van der Waals surface area contributed by atoms with Crippen LogP contribution in [-0.4, -0.2) is 37.2 Å². The maximum Gasteiger partial charge on any atom is 0.271 e. The van der Waals surface area contributed by atoms with Gasteiger partial charge >= 0.3 is 0 Å². The number of aryl methyl sites for hydroxylation is 1. The first-order valence-electron chi connectivity index (χ1n) is 5.25. The van der Waals surface area contributed by atoms with Gasteiger partial charge in [-0.1, -0.05) is 11.6 Å². The van der Waals surface area contributed by atoms with Crippen LogP contribution in [0.25, 0.3) is 0 Å². The van der Waals surface area contributed by atoms with Crippen molar-refractivity contribution < 1.29 is 4.79 Å². The lowest BCUT2D eigenvalue weighted by molar-refractivity contribution is 0.0948. The van der Waals surface area contributed by atoms with Gasteiger partial charge in [0.1, 0.15) is 17.2 Å². The molecule has 0 saturated heterocycles. The number of rotatable bonds is 4. The summed E-state index contributed by atoms with van der Waals surface area (Å²) >= 11 is 5.65. The van der Waals surface area contributed by atoms with Gasteiger partial charge in [-0.15, -0.1) is 0 Å². The number of hydrogen-bond acceptors (Lipinski definition) is 5. The lowest BCUT2D eigenvalue weighted by Crippen LogP contribution is -2.27. The lowest BCUT2D eigenvalue weighted by Gasteiger charge is -2.02. The quantitative estimate of drug-likeness (QED) is 0.856. The summed E-state index contributed by atoms with van der Waals surface area (Å²) in [5.41, 5.74) is 0.191. The standard InChI is InChI=1S/C10H11ClN6O/c1-17-6-14-9(16-17)2-3-13-10(18)7-4-12-5-8(11)15-7/h4-6H,2-3H2,1H3,(H,13,18). The van der Waals surface area contributed by atoms with E-state index in [-0.39, 0.29) is 16.8 Å². The van der Waals surface area contributed by atoms with Crippen LogP contribution in [0, 0.1) is 0 Å². The van der Waals surface area contributed by atoms with Gasteiger partial charge in [0, 0.05) is 20.0 Å². The summed E-state index contributed by atoms with van der Waals surface area (Å²) in [7, 11) is 1.79. The Labute approximate surface area is 108 Å². The summed E-state index contributed by atoms with van der Waals surface area (Å²) in [5, 5.41) is 6.98. The van der Waals surface area contributed by atoms with Crippen LogP contribution in [0.4, 0.5) is 0 Å². The average Bonchev–Trinajstić information content (AvgIpc) is 2.75. The van der Waals surface area contributed by atoms with Crippen molar-refractivity contribution in [1.29, 1.82) is 0 Å². The molecule has 2 rings (SSSR count). The van der Waals surface area contributed by atoms with Crippen molar-refractivity contribution >= 4 is 17.5 Å². The third-order valence-corrected chi connectivity index (χ3v) is 2.30. The highest BCUT2D eigenvalue weighted by atomic mass is 35.5. The predicted octanol–water partition coefficient (Wildman–Crippen LogP) is 0.231. The number of carbonyl (C=O) groups is 1. The maximum atomic E-state index is 11.7. The summed E-state index contributed by atoms with van der Waals surface area (Å²) in [5.74, 6) is 0.357. The van der Waals surface area contributed by atoms with Crippen LogP contribution >= 0.6 is 11.6 Å². The van der Waals surface area contributed by atoms with Crippen LogP contribution in [-0.2, 0) is 13.5 Å². The Morgan fingerprint density at radius 1 is 1.50 bits per heavy atom. The summed E-state index contributed by atoms with van der Waals surface area (Å²) in [6, 6.07) is 0. The number of nitrogens with one attached hydrogen (secondary N) is 1. The van der Waals surface area contributed by atoms with E-state index >= 15 is 0 Å². The highest BCUT2D eigenvalue weighted by molar-refractivity contribution is 6.29. The van der Waals surface area contributed by atoms with Gasteiger partial charge in [0.2, 0.25) is 0 Å². The normalized spacial score (nSPS) is 10.3. The van der Waals surface area contributed by atoms with E-state index < -0.39 is 0 Å². The molecule has 0 spiro atoms. The molecular weight excluding hydrogens is 256 g/mol. The Hall–Kier alpha value is -2.02. The average molecular weight is 267 g/mol. The van der Waals surface area contributed by atoms with E-state index in [1.54, 1.807) is 18.1 Å². The molecule has 2 aromatic heterocycles. The second kappa shape index (κ2) is 5.54. The van der Waals surface area contributed by atoms with Crippen molar-refractivity contribution in [2.45, 2.75) is 6.42 Å². The molecule has 8 heteroatoms. The molecule has 2 heterocycles. The first-order valence-corrected chi connectivity index (χ1v) is 5.63. The van der Waals surface area contributed by atoms with Gasteiger partial charge in [0.05, 0.1) is 12.4 Å². The first kappa shape index (κ1) is 12.4. The summed E-state index contributed by atoms with van der Waals surface area (Å²) in [4.78, 5) is 23.4. The first-order chi connectivity index (χ1) is 8.65. The topological polar surface area (TPSA) is 85.6 Å². The highest BCUT2D eigenvalue weighted by Crippen LogP contribution is 2.02. The van der Waals surface area contributed by atoms with Crippen LogP contribution in [0.1, 0.15) is 16.3 Å². The second-order valence-corrected chi connectivity index (χ2v) is 3.95. The third kappa shape index (κ3) is 3.24. The van der Waals surface area contributed by atoms with Crippen LogP contribution in [0.15, 0.2) is 18.7 Å². The van der Waals surface area contributed by atoms with Gasteiger partial charge in [0.15, 0.2) is 5.82 Å². The molecule has 0 aliphatic rings. The zero-order valence-corrected chi connectivity index (χ0v) is 10.4. The van der Waals surface area contributed by atoms with Crippen molar-refractivity contribution in [2.24, 2.45) is 7.05 Å². The van der Waals surface area contributed by atoms with E-state index in [1.807, 2.05) is 0 Å². The van der Waals surface area contributed by atoms with Gasteiger partial charge in [-0.05, 0) is 0 Å². The van der Waals surface area contributed by atoms with Gasteiger partial charge in [-0.25, -0.2) is 9.97 Å². The fourth-order valence-electron chi connectivity index (χ4n) is 1.33. The zero-order chi connectivity index (χ0) is 13.0. The van der Waals surface area contributed by atoms with Crippen LogP contribution in [0.3, 0.4) is 0 Å². The molecule has 1 amide bonds. The van der Waals surface area contributed by atoms with E-state index in [1.165, 1.54) is 12.4 Å². The van der Waals surface area contributed by atoms with Crippen molar-refractivity contribution in [3.05, 3.63) is 35.4 Å². The van der Waals surface area contributed by atoms with Gasteiger partial charge in [-0.2, -0.15) is 5.10 Å². The maximum absolute atomic E-state index is 11.7. The molecule has 0 bridgehead atoms. The number of nitrogens with zero attached hydrogens (tertiary/aromatic N) is 5. The Bertz CT molecular complexity index is 555. The van der Waals surface area contributed by atoms with E-state index in [4.69, 9.17) is 11.6 Å². The molecule has 0 atom stereocenters. The SMILES string of the molecule is Cn1cnc(CCNC(=O)c2cncc(Cl)n2)n1. The molecule has 0 aromatic carbocycles. The Balaban J connectivity index is 1.85. The van der Waals surface area contributed by atoms with E-state index in [0.29, 0.717) is 18.8 Å². The van der Waals surface area contributed by atoms with E-state index in [2.05, 4.69) is 25.4 Å². The molecule has 94 valence electrons. The minimum absolute atomic E-state index is 0.189. The molecule has 2 aromatic rings. The molecule has 0 radical (unpaired) electrons. The Morgan fingerprint density at radius 2 is 2.33 bits per heavy atom. The van der Waals surface area contributed by atoms with Crippen molar-refractivity contribution in [3.8, 4) is 0 Å². The lowest BCUT2D eigenvalue weighted by atomic mass is 10.3.